The second kappa shape index (κ2) is 11.5. The Hall–Kier alpha value is -3.54. The standard InChI is InChI=1S/C27H33F2N7O2/c1-4-31-14-18(13-30)24-26(34-21-12-22(25(37)27(2,3)38)32-15-23(21)33-24)36-9-7-35(8-10-36)16-17-5-6-19(28)11-20(17)29/h5-6,11-15,25,37-38H,4,7-10,16,30H2,1-3H3/b18-13+,31-14?. The van der Waals surface area contributed by atoms with Gasteiger partial charge < -0.3 is 20.8 Å². The van der Waals surface area contributed by atoms with Gasteiger partial charge in [-0.3, -0.25) is 14.9 Å². The number of hydrogen-bond acceptors (Lipinski definition) is 9. The summed E-state index contributed by atoms with van der Waals surface area (Å²) >= 11 is 0. The lowest BCUT2D eigenvalue weighted by atomic mass is 9.98. The van der Waals surface area contributed by atoms with Crippen LogP contribution in [0.5, 0.6) is 0 Å². The van der Waals surface area contributed by atoms with E-state index in [9.17, 15) is 19.0 Å². The molecule has 1 aliphatic heterocycles. The van der Waals surface area contributed by atoms with Gasteiger partial charge in [-0.25, -0.2) is 18.7 Å². The van der Waals surface area contributed by atoms with Gasteiger partial charge in [0.1, 0.15) is 28.9 Å². The van der Waals surface area contributed by atoms with Gasteiger partial charge in [-0.05, 0) is 32.9 Å². The maximum Gasteiger partial charge on any atom is 0.156 e. The second-order valence-electron chi connectivity index (χ2n) is 9.80. The van der Waals surface area contributed by atoms with Crippen LogP contribution in [-0.4, -0.2) is 74.6 Å². The Bertz CT molecular complexity index is 1350. The smallest absolute Gasteiger partial charge is 0.156 e. The molecule has 0 aliphatic carbocycles. The number of anilines is 1. The van der Waals surface area contributed by atoms with E-state index in [2.05, 4.69) is 19.8 Å². The maximum absolute atomic E-state index is 14.2. The molecule has 0 bridgehead atoms. The van der Waals surface area contributed by atoms with Gasteiger partial charge in [-0.1, -0.05) is 6.07 Å². The molecule has 3 aromatic rings. The van der Waals surface area contributed by atoms with Gasteiger partial charge in [0.05, 0.1) is 23.0 Å². The number of pyridine rings is 1. The summed E-state index contributed by atoms with van der Waals surface area (Å²) in [6.07, 6.45) is 3.40. The normalized spacial score (nSPS) is 16.5. The molecule has 2 aromatic heterocycles. The van der Waals surface area contributed by atoms with E-state index < -0.39 is 23.3 Å². The molecule has 1 aromatic carbocycles. The summed E-state index contributed by atoms with van der Waals surface area (Å²) in [4.78, 5) is 22.5. The summed E-state index contributed by atoms with van der Waals surface area (Å²) in [5, 5.41) is 20.8. The van der Waals surface area contributed by atoms with Crippen molar-refractivity contribution in [3.63, 3.8) is 0 Å². The molecule has 4 N–H and O–H groups in total. The van der Waals surface area contributed by atoms with Gasteiger partial charge in [-0.2, -0.15) is 0 Å². The lowest BCUT2D eigenvalue weighted by Crippen LogP contribution is -2.46. The largest absolute Gasteiger partial charge is 0.404 e. The first-order chi connectivity index (χ1) is 18.1. The summed E-state index contributed by atoms with van der Waals surface area (Å²) in [5.74, 6) is -0.553. The lowest BCUT2D eigenvalue weighted by molar-refractivity contribution is -0.0516. The molecule has 1 fully saturated rings. The van der Waals surface area contributed by atoms with Gasteiger partial charge in [-0.15, -0.1) is 0 Å². The molecule has 202 valence electrons. The fraction of sp³-hybridized carbons (Fsp3) is 0.407. The molecule has 1 unspecified atom stereocenters. The summed E-state index contributed by atoms with van der Waals surface area (Å²) in [7, 11) is 0. The maximum atomic E-state index is 14.2. The minimum Gasteiger partial charge on any atom is -0.404 e. The highest BCUT2D eigenvalue weighted by atomic mass is 19.1. The highest BCUT2D eigenvalue weighted by molar-refractivity contribution is 6.11. The van der Waals surface area contributed by atoms with Crippen molar-refractivity contribution in [1.82, 2.24) is 19.9 Å². The first kappa shape index (κ1) is 27.5. The molecule has 1 aliphatic rings. The van der Waals surface area contributed by atoms with Gasteiger partial charge in [0.15, 0.2) is 5.82 Å². The van der Waals surface area contributed by atoms with E-state index in [4.69, 9.17) is 15.7 Å². The molecule has 38 heavy (non-hydrogen) atoms. The number of aliphatic hydroxyl groups is 2. The molecule has 0 radical (unpaired) electrons. The predicted molar refractivity (Wildman–Crippen MR) is 144 cm³/mol. The van der Waals surface area contributed by atoms with E-state index in [1.165, 1.54) is 38.4 Å². The molecule has 3 heterocycles. The summed E-state index contributed by atoms with van der Waals surface area (Å²) in [6, 6.07) is 5.27. The number of rotatable bonds is 8. The number of nitrogens with zero attached hydrogens (tertiary/aromatic N) is 6. The Morgan fingerprint density at radius 2 is 1.89 bits per heavy atom. The van der Waals surface area contributed by atoms with E-state index in [0.29, 0.717) is 73.0 Å². The third-order valence-electron chi connectivity index (χ3n) is 6.45. The Labute approximate surface area is 220 Å². The van der Waals surface area contributed by atoms with Crippen molar-refractivity contribution in [3.8, 4) is 0 Å². The summed E-state index contributed by atoms with van der Waals surface area (Å²) < 4.78 is 27.5. The minimum absolute atomic E-state index is 0.284. The van der Waals surface area contributed by atoms with E-state index >= 15 is 0 Å². The van der Waals surface area contributed by atoms with Crippen LogP contribution >= 0.6 is 0 Å². The number of halogens is 2. The van der Waals surface area contributed by atoms with Crippen molar-refractivity contribution in [2.75, 3.05) is 37.6 Å². The molecular formula is C27H33F2N7O2. The van der Waals surface area contributed by atoms with Crippen LogP contribution < -0.4 is 10.6 Å². The van der Waals surface area contributed by atoms with Crippen molar-refractivity contribution < 1.29 is 19.0 Å². The van der Waals surface area contributed by atoms with Crippen LogP contribution in [0.15, 0.2) is 41.7 Å². The van der Waals surface area contributed by atoms with Gasteiger partial charge in [0.25, 0.3) is 0 Å². The zero-order valence-electron chi connectivity index (χ0n) is 21.8. The number of fused-ring (bicyclic) bond motifs is 1. The number of nitrogens with two attached hydrogens (primary N) is 1. The highest BCUT2D eigenvalue weighted by Gasteiger charge is 2.28. The number of piperazine rings is 1. The van der Waals surface area contributed by atoms with Crippen LogP contribution in [-0.2, 0) is 6.54 Å². The van der Waals surface area contributed by atoms with Crippen LogP contribution in [0, 0.1) is 11.6 Å². The molecule has 4 rings (SSSR count). The number of hydrogen-bond donors (Lipinski definition) is 3. The first-order valence-corrected chi connectivity index (χ1v) is 12.5. The Balaban J connectivity index is 1.66. The van der Waals surface area contributed by atoms with Crippen LogP contribution in [0.2, 0.25) is 0 Å². The van der Waals surface area contributed by atoms with Crippen molar-refractivity contribution in [3.05, 3.63) is 65.2 Å². The fourth-order valence-corrected chi connectivity index (χ4v) is 4.27. The van der Waals surface area contributed by atoms with Crippen molar-refractivity contribution in [2.45, 2.75) is 39.0 Å². The molecule has 11 heteroatoms. The zero-order valence-corrected chi connectivity index (χ0v) is 21.8. The van der Waals surface area contributed by atoms with Gasteiger partial charge >= 0.3 is 0 Å². The third-order valence-corrected chi connectivity index (χ3v) is 6.45. The molecule has 1 saturated heterocycles. The number of aliphatic imine (C=N–C) groups is 1. The summed E-state index contributed by atoms with van der Waals surface area (Å²) in [5.41, 5.74) is 7.46. The molecule has 0 spiro atoms. The molecule has 0 saturated carbocycles. The highest BCUT2D eigenvalue weighted by Crippen LogP contribution is 2.29. The second-order valence-corrected chi connectivity index (χ2v) is 9.80. The van der Waals surface area contributed by atoms with E-state index in [-0.39, 0.29) is 5.69 Å². The van der Waals surface area contributed by atoms with Crippen LogP contribution in [0.3, 0.4) is 0 Å². The molecular weight excluding hydrogens is 492 g/mol. The monoisotopic (exact) mass is 525 g/mol. The first-order valence-electron chi connectivity index (χ1n) is 12.5. The van der Waals surface area contributed by atoms with Gasteiger partial charge in [0.2, 0.25) is 0 Å². The van der Waals surface area contributed by atoms with Crippen molar-refractivity contribution in [1.29, 1.82) is 0 Å². The SMILES string of the molecule is CCN=C/C(=C\N)c1nc2cnc(C(O)C(C)(C)O)cc2nc1N1CCN(Cc2ccc(F)cc2F)CC1. The van der Waals surface area contributed by atoms with Crippen molar-refractivity contribution in [2.24, 2.45) is 10.7 Å². The van der Waals surface area contributed by atoms with Crippen LogP contribution in [0.1, 0.15) is 43.8 Å². The van der Waals surface area contributed by atoms with Crippen LogP contribution in [0.4, 0.5) is 14.6 Å². The van der Waals surface area contributed by atoms with E-state index in [0.717, 1.165) is 6.07 Å². The minimum atomic E-state index is -1.39. The summed E-state index contributed by atoms with van der Waals surface area (Å²) in [6.45, 7) is 8.30. The average Bonchev–Trinajstić information content (AvgIpc) is 2.89. The molecule has 1 atom stereocenters. The van der Waals surface area contributed by atoms with E-state index in [1.54, 1.807) is 12.3 Å². The third kappa shape index (κ3) is 6.12. The Morgan fingerprint density at radius 1 is 1.16 bits per heavy atom. The predicted octanol–water partition coefficient (Wildman–Crippen LogP) is 2.82. The zero-order chi connectivity index (χ0) is 27.4. The van der Waals surface area contributed by atoms with Gasteiger partial charge in [0, 0.05) is 68.9 Å². The molecule has 9 nitrogen and oxygen atoms in total. The number of aromatic nitrogens is 3. The van der Waals surface area contributed by atoms with E-state index in [1.807, 2.05) is 6.92 Å². The Kier molecular flexibility index (Phi) is 8.29. The molecule has 0 amide bonds. The van der Waals surface area contributed by atoms with Crippen molar-refractivity contribution >= 4 is 28.6 Å². The average molecular weight is 526 g/mol. The topological polar surface area (TPSA) is 124 Å². The number of benzene rings is 1. The number of aliphatic hydroxyl groups excluding tert-OH is 1. The fourth-order valence-electron chi connectivity index (χ4n) is 4.27. The number of allylic oxidation sites excluding steroid dienone is 1. The van der Waals surface area contributed by atoms with Crippen LogP contribution in [0.25, 0.3) is 16.6 Å². The lowest BCUT2D eigenvalue weighted by Gasteiger charge is -2.36. The quantitative estimate of drug-likeness (QED) is 0.384. The Morgan fingerprint density at radius 3 is 2.53 bits per heavy atom.